The monoisotopic (exact) mass is 372 g/mol. The second kappa shape index (κ2) is 7.86. The number of nitrogens with zero attached hydrogens (tertiary/aromatic N) is 1. The molecule has 1 heterocycles. The minimum absolute atomic E-state index is 0.0159. The number of hydrogen-bond acceptors (Lipinski definition) is 3. The molecular formula is C19H27F3N2O2. The van der Waals surface area contributed by atoms with Gasteiger partial charge in [0, 0.05) is 19.1 Å². The zero-order valence-corrected chi connectivity index (χ0v) is 15.7. The van der Waals surface area contributed by atoms with Crippen LogP contribution in [0, 0.1) is 5.92 Å². The summed E-state index contributed by atoms with van der Waals surface area (Å²) in [6.07, 6.45) is -3.51. The fourth-order valence-corrected chi connectivity index (χ4v) is 3.41. The predicted octanol–water partition coefficient (Wildman–Crippen LogP) is 4.61. The van der Waals surface area contributed by atoms with Crippen molar-refractivity contribution >= 4 is 6.09 Å². The van der Waals surface area contributed by atoms with E-state index < -0.39 is 23.4 Å². The Bertz CT molecular complexity index is 618. The molecule has 1 atom stereocenters. The van der Waals surface area contributed by atoms with Crippen LogP contribution >= 0.6 is 0 Å². The first kappa shape index (κ1) is 20.6. The summed E-state index contributed by atoms with van der Waals surface area (Å²) in [5, 5.41) is 3.05. The van der Waals surface area contributed by atoms with Gasteiger partial charge in [-0.1, -0.05) is 18.2 Å². The van der Waals surface area contributed by atoms with Crippen LogP contribution in [0.4, 0.5) is 18.0 Å². The Morgan fingerprint density at radius 3 is 2.27 bits per heavy atom. The highest BCUT2D eigenvalue weighted by atomic mass is 19.4. The maximum absolute atomic E-state index is 13.3. The third-order valence-corrected chi connectivity index (χ3v) is 4.57. The third kappa shape index (κ3) is 5.13. The minimum atomic E-state index is -4.39. The number of benzene rings is 1. The van der Waals surface area contributed by atoms with Crippen LogP contribution in [0.1, 0.15) is 50.8 Å². The number of carbonyl (C=O) groups excluding carboxylic acids is 1. The first-order chi connectivity index (χ1) is 12.0. The van der Waals surface area contributed by atoms with Crippen LogP contribution in [-0.2, 0) is 10.9 Å². The lowest BCUT2D eigenvalue weighted by Crippen LogP contribution is -2.44. The van der Waals surface area contributed by atoms with Crippen LogP contribution < -0.4 is 5.32 Å². The van der Waals surface area contributed by atoms with E-state index in [1.165, 1.54) is 12.1 Å². The van der Waals surface area contributed by atoms with Gasteiger partial charge in [0.15, 0.2) is 0 Å². The number of nitrogens with one attached hydrogen (secondary N) is 1. The summed E-state index contributed by atoms with van der Waals surface area (Å²) in [5.41, 5.74) is -0.903. The molecule has 1 fully saturated rings. The van der Waals surface area contributed by atoms with Gasteiger partial charge in [0.05, 0.1) is 5.56 Å². The highest BCUT2D eigenvalue weighted by molar-refractivity contribution is 5.68. The Balaban J connectivity index is 2.09. The molecule has 1 amide bonds. The zero-order valence-electron chi connectivity index (χ0n) is 15.7. The van der Waals surface area contributed by atoms with Gasteiger partial charge < -0.3 is 15.0 Å². The van der Waals surface area contributed by atoms with Crippen molar-refractivity contribution in [2.24, 2.45) is 5.92 Å². The Morgan fingerprint density at radius 1 is 1.19 bits per heavy atom. The molecular weight excluding hydrogens is 345 g/mol. The van der Waals surface area contributed by atoms with E-state index in [4.69, 9.17) is 4.74 Å². The van der Waals surface area contributed by atoms with E-state index in [0.717, 1.165) is 6.07 Å². The quantitative estimate of drug-likeness (QED) is 0.842. The summed E-state index contributed by atoms with van der Waals surface area (Å²) >= 11 is 0. The summed E-state index contributed by atoms with van der Waals surface area (Å²) in [6.45, 7) is 6.38. The summed E-state index contributed by atoms with van der Waals surface area (Å²) < 4.78 is 45.4. The van der Waals surface area contributed by atoms with Gasteiger partial charge in [-0.05, 0) is 58.2 Å². The maximum Gasteiger partial charge on any atom is 0.416 e. The average Bonchev–Trinajstić information content (AvgIpc) is 2.54. The number of hydrogen-bond donors (Lipinski definition) is 1. The van der Waals surface area contributed by atoms with Gasteiger partial charge in [-0.25, -0.2) is 4.79 Å². The smallest absolute Gasteiger partial charge is 0.416 e. The van der Waals surface area contributed by atoms with Crippen LogP contribution in [0.15, 0.2) is 24.3 Å². The van der Waals surface area contributed by atoms with Gasteiger partial charge in [0.1, 0.15) is 5.60 Å². The second-order valence-corrected chi connectivity index (χ2v) is 7.66. The lowest BCUT2D eigenvalue weighted by Gasteiger charge is -2.37. The molecule has 1 aliphatic rings. The molecule has 1 aliphatic heterocycles. The Kier molecular flexibility index (Phi) is 6.21. The lowest BCUT2D eigenvalue weighted by molar-refractivity contribution is -0.138. The first-order valence-electron chi connectivity index (χ1n) is 8.84. The molecule has 1 unspecified atom stereocenters. The SMILES string of the molecule is CNC(c1ccccc1C(F)(F)F)C1CCN(C(=O)OC(C)(C)C)CC1. The topological polar surface area (TPSA) is 41.6 Å². The Morgan fingerprint density at radius 2 is 1.77 bits per heavy atom. The van der Waals surface area contributed by atoms with Gasteiger partial charge in [-0.3, -0.25) is 0 Å². The lowest BCUT2D eigenvalue weighted by atomic mass is 9.83. The molecule has 0 bridgehead atoms. The van der Waals surface area contributed by atoms with Gasteiger partial charge in [0.25, 0.3) is 0 Å². The van der Waals surface area contributed by atoms with Crippen LogP contribution in [0.25, 0.3) is 0 Å². The molecule has 26 heavy (non-hydrogen) atoms. The molecule has 146 valence electrons. The van der Waals surface area contributed by atoms with Crippen LogP contribution in [0.2, 0.25) is 0 Å². The Hall–Kier alpha value is -1.76. The van der Waals surface area contributed by atoms with Gasteiger partial charge >= 0.3 is 12.3 Å². The van der Waals surface area contributed by atoms with Gasteiger partial charge in [-0.2, -0.15) is 13.2 Å². The molecule has 4 nitrogen and oxygen atoms in total. The van der Waals surface area contributed by atoms with E-state index in [2.05, 4.69) is 5.32 Å². The van der Waals surface area contributed by atoms with Crippen molar-refractivity contribution in [3.05, 3.63) is 35.4 Å². The highest BCUT2D eigenvalue weighted by Crippen LogP contribution is 2.39. The van der Waals surface area contributed by atoms with E-state index in [1.807, 2.05) is 20.8 Å². The number of halogens is 3. The van der Waals surface area contributed by atoms with Crippen molar-refractivity contribution in [2.45, 2.75) is 51.4 Å². The zero-order chi connectivity index (χ0) is 19.5. The normalized spacial score (nSPS) is 17.9. The fourth-order valence-electron chi connectivity index (χ4n) is 3.41. The molecule has 0 radical (unpaired) electrons. The first-order valence-corrected chi connectivity index (χ1v) is 8.84. The van der Waals surface area contributed by atoms with Crippen molar-refractivity contribution in [1.82, 2.24) is 10.2 Å². The molecule has 0 aromatic heterocycles. The molecule has 0 saturated carbocycles. The standard InChI is InChI=1S/C19H27F3N2O2/c1-18(2,3)26-17(25)24-11-9-13(10-12-24)16(23-4)14-7-5-6-8-15(14)19(20,21)22/h5-8,13,16,23H,9-12H2,1-4H3. The molecule has 7 heteroatoms. The van der Waals surface area contributed by atoms with Crippen LogP contribution in [0.3, 0.4) is 0 Å². The van der Waals surface area contributed by atoms with Crippen molar-refractivity contribution in [1.29, 1.82) is 0 Å². The Labute approximate surface area is 152 Å². The van der Waals surface area contributed by atoms with E-state index in [0.29, 0.717) is 25.9 Å². The van der Waals surface area contributed by atoms with Crippen molar-refractivity contribution in [3.63, 3.8) is 0 Å². The summed E-state index contributed by atoms with van der Waals surface area (Å²) in [6, 6.07) is 5.28. The van der Waals surface area contributed by atoms with Crippen LogP contribution in [-0.4, -0.2) is 36.7 Å². The molecule has 0 spiro atoms. The average molecular weight is 372 g/mol. The van der Waals surface area contributed by atoms with E-state index in [1.54, 1.807) is 18.0 Å². The molecule has 2 rings (SSSR count). The molecule has 1 aromatic rings. The molecule has 1 N–H and O–H groups in total. The number of likely N-dealkylation sites (tertiary alicyclic amines) is 1. The number of carbonyl (C=O) groups is 1. The minimum Gasteiger partial charge on any atom is -0.444 e. The summed E-state index contributed by atoms with van der Waals surface area (Å²) in [5.74, 6) is 0.0159. The second-order valence-electron chi connectivity index (χ2n) is 7.66. The van der Waals surface area contributed by atoms with Crippen LogP contribution in [0.5, 0.6) is 0 Å². The largest absolute Gasteiger partial charge is 0.444 e. The maximum atomic E-state index is 13.3. The number of piperidine rings is 1. The number of rotatable bonds is 3. The predicted molar refractivity (Wildman–Crippen MR) is 93.8 cm³/mol. The summed E-state index contributed by atoms with van der Waals surface area (Å²) in [7, 11) is 1.68. The third-order valence-electron chi connectivity index (χ3n) is 4.57. The number of alkyl halides is 3. The van der Waals surface area contributed by atoms with Gasteiger partial charge in [0.2, 0.25) is 0 Å². The summed E-state index contributed by atoms with van der Waals surface area (Å²) in [4.78, 5) is 13.8. The van der Waals surface area contributed by atoms with Gasteiger partial charge in [-0.15, -0.1) is 0 Å². The fraction of sp³-hybridized carbons (Fsp3) is 0.632. The molecule has 0 aliphatic carbocycles. The number of ether oxygens (including phenoxy) is 1. The van der Waals surface area contributed by atoms with Crippen molar-refractivity contribution < 1.29 is 22.7 Å². The molecule has 1 saturated heterocycles. The van der Waals surface area contributed by atoms with E-state index in [9.17, 15) is 18.0 Å². The highest BCUT2D eigenvalue weighted by Gasteiger charge is 2.37. The molecule has 1 aromatic carbocycles. The number of amides is 1. The van der Waals surface area contributed by atoms with E-state index in [-0.39, 0.29) is 17.6 Å². The van der Waals surface area contributed by atoms with Crippen molar-refractivity contribution in [3.8, 4) is 0 Å². The van der Waals surface area contributed by atoms with Crippen molar-refractivity contribution in [2.75, 3.05) is 20.1 Å². The van der Waals surface area contributed by atoms with E-state index >= 15 is 0 Å².